The maximum atomic E-state index is 12.3. The van der Waals surface area contributed by atoms with Crippen LogP contribution in [0.1, 0.15) is 29.9 Å². The third-order valence-corrected chi connectivity index (χ3v) is 6.14. The van der Waals surface area contributed by atoms with E-state index in [1.807, 2.05) is 32.9 Å². The Balaban J connectivity index is 1.54. The molecular formula is C19H22N6O3S2. The zero-order chi connectivity index (χ0) is 21.9. The largest absolute Gasteiger partial charge is 0.349 e. The van der Waals surface area contributed by atoms with Gasteiger partial charge in [0, 0.05) is 5.69 Å². The second-order valence-corrected chi connectivity index (χ2v) is 9.32. The van der Waals surface area contributed by atoms with Crippen molar-refractivity contribution in [3.63, 3.8) is 0 Å². The number of sulfonamides is 1. The molecule has 0 radical (unpaired) electrons. The Bertz CT molecular complexity index is 1140. The summed E-state index contributed by atoms with van der Waals surface area (Å²) in [4.78, 5) is 12.3. The molecule has 158 valence electrons. The van der Waals surface area contributed by atoms with Crippen LogP contribution >= 0.6 is 11.8 Å². The third-order valence-electron chi connectivity index (χ3n) is 4.29. The number of nitrogens with zero attached hydrogens (tertiary/aromatic N) is 4. The first-order chi connectivity index (χ1) is 14.1. The summed E-state index contributed by atoms with van der Waals surface area (Å²) in [7, 11) is -3.74. The zero-order valence-corrected chi connectivity index (χ0v) is 18.4. The molecule has 0 bridgehead atoms. The summed E-state index contributed by atoms with van der Waals surface area (Å²) in [5.74, 6) is 0.617. The predicted molar refractivity (Wildman–Crippen MR) is 114 cm³/mol. The molecule has 0 spiro atoms. The monoisotopic (exact) mass is 446 g/mol. The average Bonchev–Trinajstić information content (AvgIpc) is 3.04. The van der Waals surface area contributed by atoms with Crippen molar-refractivity contribution in [3.05, 3.63) is 59.4 Å². The number of aromatic nitrogens is 4. The highest BCUT2D eigenvalue weighted by atomic mass is 32.2. The van der Waals surface area contributed by atoms with E-state index in [0.717, 1.165) is 17.0 Å². The summed E-state index contributed by atoms with van der Waals surface area (Å²) in [6.07, 6.45) is 0. The first-order valence-corrected chi connectivity index (χ1v) is 11.6. The summed E-state index contributed by atoms with van der Waals surface area (Å²) >= 11 is 1.27. The average molecular weight is 447 g/mol. The molecule has 1 unspecified atom stereocenters. The summed E-state index contributed by atoms with van der Waals surface area (Å²) < 4.78 is 24.4. The Morgan fingerprint density at radius 2 is 1.87 bits per heavy atom. The molecule has 1 aromatic carbocycles. The van der Waals surface area contributed by atoms with Gasteiger partial charge < -0.3 is 5.32 Å². The topological polar surface area (TPSA) is 133 Å². The fourth-order valence-electron chi connectivity index (χ4n) is 2.82. The van der Waals surface area contributed by atoms with Crippen molar-refractivity contribution in [2.75, 3.05) is 5.75 Å². The molecule has 9 nitrogen and oxygen atoms in total. The lowest BCUT2D eigenvalue weighted by Crippen LogP contribution is -2.28. The van der Waals surface area contributed by atoms with Crippen LogP contribution in [0.4, 0.5) is 0 Å². The molecule has 0 aliphatic carbocycles. The van der Waals surface area contributed by atoms with Crippen molar-refractivity contribution in [3.8, 4) is 5.82 Å². The number of benzene rings is 1. The van der Waals surface area contributed by atoms with Crippen LogP contribution in [-0.4, -0.2) is 40.1 Å². The SMILES string of the molecule is Cc1cc(C)n(-c2ccc(SCC(=O)NC(C)c3ccc(S(N)(=O)=O)cc3)nn2)n1. The zero-order valence-electron chi connectivity index (χ0n) is 16.7. The van der Waals surface area contributed by atoms with Crippen LogP contribution in [-0.2, 0) is 14.8 Å². The van der Waals surface area contributed by atoms with Crippen molar-refractivity contribution >= 4 is 27.7 Å². The van der Waals surface area contributed by atoms with E-state index in [9.17, 15) is 13.2 Å². The van der Waals surface area contributed by atoms with Crippen molar-refractivity contribution in [1.82, 2.24) is 25.3 Å². The minimum atomic E-state index is -3.74. The second kappa shape index (κ2) is 8.94. The van der Waals surface area contributed by atoms with Crippen LogP contribution < -0.4 is 10.5 Å². The van der Waals surface area contributed by atoms with Gasteiger partial charge in [-0.1, -0.05) is 23.9 Å². The number of aryl methyl sites for hydroxylation is 2. The first kappa shape index (κ1) is 21.9. The number of primary sulfonamides is 1. The van der Waals surface area contributed by atoms with E-state index >= 15 is 0 Å². The number of nitrogens with one attached hydrogen (secondary N) is 1. The Labute approximate surface area is 179 Å². The van der Waals surface area contributed by atoms with Crippen LogP contribution in [0.5, 0.6) is 0 Å². The van der Waals surface area contributed by atoms with Gasteiger partial charge in [0.2, 0.25) is 15.9 Å². The molecule has 30 heavy (non-hydrogen) atoms. The second-order valence-electron chi connectivity index (χ2n) is 6.76. The number of thioether (sulfide) groups is 1. The number of carbonyl (C=O) groups excluding carboxylic acids is 1. The molecule has 0 saturated carbocycles. The van der Waals surface area contributed by atoms with Crippen LogP contribution in [0.3, 0.4) is 0 Å². The number of rotatable bonds is 7. The van der Waals surface area contributed by atoms with Gasteiger partial charge in [-0.05, 0) is 56.7 Å². The highest BCUT2D eigenvalue weighted by Crippen LogP contribution is 2.18. The van der Waals surface area contributed by atoms with Gasteiger partial charge in [0.1, 0.15) is 5.03 Å². The maximum Gasteiger partial charge on any atom is 0.238 e. The minimum Gasteiger partial charge on any atom is -0.349 e. The van der Waals surface area contributed by atoms with Crippen LogP contribution in [0.2, 0.25) is 0 Å². The fourth-order valence-corrected chi connectivity index (χ4v) is 3.96. The van der Waals surface area contributed by atoms with Crippen molar-refractivity contribution in [1.29, 1.82) is 0 Å². The molecule has 2 aromatic heterocycles. The molecule has 1 amide bonds. The molecule has 3 N–H and O–H groups in total. The minimum absolute atomic E-state index is 0.0304. The van der Waals surface area contributed by atoms with Gasteiger partial charge in [0.25, 0.3) is 0 Å². The Morgan fingerprint density at radius 3 is 2.40 bits per heavy atom. The standard InChI is InChI=1S/C19H22N6O3S2/c1-12-10-13(2)25(24-12)17-8-9-19(23-22-17)29-11-18(26)21-14(3)15-4-6-16(7-5-15)30(20,27)28/h4-10,14H,11H2,1-3H3,(H,21,26)(H2,20,27,28). The lowest BCUT2D eigenvalue weighted by molar-refractivity contribution is -0.119. The molecular weight excluding hydrogens is 424 g/mol. The smallest absolute Gasteiger partial charge is 0.238 e. The van der Waals surface area contributed by atoms with E-state index in [4.69, 9.17) is 5.14 Å². The van der Waals surface area contributed by atoms with Gasteiger partial charge in [-0.3, -0.25) is 4.79 Å². The van der Waals surface area contributed by atoms with Gasteiger partial charge in [-0.25, -0.2) is 18.2 Å². The van der Waals surface area contributed by atoms with Crippen LogP contribution in [0, 0.1) is 13.8 Å². The van der Waals surface area contributed by atoms with E-state index in [-0.39, 0.29) is 22.6 Å². The highest BCUT2D eigenvalue weighted by molar-refractivity contribution is 7.99. The quantitative estimate of drug-likeness (QED) is 0.530. The van der Waals surface area contributed by atoms with Crippen LogP contribution in [0.15, 0.2) is 52.4 Å². The number of hydrogen-bond acceptors (Lipinski definition) is 7. The predicted octanol–water partition coefficient (Wildman–Crippen LogP) is 1.90. The molecule has 11 heteroatoms. The lowest BCUT2D eigenvalue weighted by Gasteiger charge is -2.14. The van der Waals surface area contributed by atoms with Gasteiger partial charge in [0.05, 0.1) is 22.4 Å². The van der Waals surface area contributed by atoms with E-state index < -0.39 is 10.0 Å². The van der Waals surface area contributed by atoms with Crippen molar-refractivity contribution < 1.29 is 13.2 Å². The van der Waals surface area contributed by atoms with Gasteiger partial charge >= 0.3 is 0 Å². The Kier molecular flexibility index (Phi) is 6.54. The van der Waals surface area contributed by atoms with E-state index in [0.29, 0.717) is 10.8 Å². The Hall–Kier alpha value is -2.76. The van der Waals surface area contributed by atoms with Gasteiger partial charge in [-0.15, -0.1) is 10.2 Å². The van der Waals surface area contributed by atoms with Crippen molar-refractivity contribution in [2.24, 2.45) is 5.14 Å². The number of carbonyl (C=O) groups is 1. The molecule has 3 rings (SSSR count). The van der Waals surface area contributed by atoms with Crippen molar-refractivity contribution in [2.45, 2.75) is 36.7 Å². The molecule has 3 aromatic rings. The summed E-state index contributed by atoms with van der Waals surface area (Å²) in [5, 5.41) is 21.3. The van der Waals surface area contributed by atoms with Crippen LogP contribution in [0.25, 0.3) is 5.82 Å². The third kappa shape index (κ3) is 5.43. The Morgan fingerprint density at radius 1 is 1.17 bits per heavy atom. The van der Waals surface area contributed by atoms with E-state index in [1.165, 1.54) is 23.9 Å². The number of nitrogens with two attached hydrogens (primary N) is 1. The van der Waals surface area contributed by atoms with Gasteiger partial charge in [-0.2, -0.15) is 5.10 Å². The molecule has 2 heterocycles. The first-order valence-electron chi connectivity index (χ1n) is 9.06. The summed E-state index contributed by atoms with van der Waals surface area (Å²) in [5.41, 5.74) is 2.64. The number of amides is 1. The number of hydrogen-bond donors (Lipinski definition) is 2. The van der Waals surface area contributed by atoms with E-state index in [1.54, 1.807) is 22.9 Å². The molecule has 0 aliphatic rings. The van der Waals surface area contributed by atoms with E-state index in [2.05, 4.69) is 20.6 Å². The maximum absolute atomic E-state index is 12.3. The summed E-state index contributed by atoms with van der Waals surface area (Å²) in [6, 6.07) is 11.4. The molecule has 0 aliphatic heterocycles. The highest BCUT2D eigenvalue weighted by Gasteiger charge is 2.13. The summed E-state index contributed by atoms with van der Waals surface area (Å²) in [6.45, 7) is 5.67. The van der Waals surface area contributed by atoms with Gasteiger partial charge in [0.15, 0.2) is 5.82 Å². The fraction of sp³-hybridized carbons (Fsp3) is 0.263. The normalized spacial score (nSPS) is 12.5. The lowest BCUT2D eigenvalue weighted by atomic mass is 10.1. The molecule has 0 saturated heterocycles. The molecule has 0 fully saturated rings. The molecule has 1 atom stereocenters.